The Hall–Kier alpha value is -2.94. The van der Waals surface area contributed by atoms with Crippen LogP contribution < -0.4 is 4.74 Å². The maximum atomic E-state index is 13.1. The van der Waals surface area contributed by atoms with Gasteiger partial charge in [-0.15, -0.1) is 0 Å². The van der Waals surface area contributed by atoms with Crippen molar-refractivity contribution in [2.75, 3.05) is 39.9 Å². The lowest BCUT2D eigenvalue weighted by atomic mass is 9.93. The predicted octanol–water partition coefficient (Wildman–Crippen LogP) is 2.76. The van der Waals surface area contributed by atoms with Crippen molar-refractivity contribution in [2.24, 2.45) is 11.8 Å². The molecule has 2 fully saturated rings. The minimum absolute atomic E-state index is 0.0399. The molecule has 2 saturated heterocycles. The largest absolute Gasteiger partial charge is 0.497 e. The Kier molecular flexibility index (Phi) is 7.59. The Balaban J connectivity index is 1.29. The monoisotopic (exact) mass is 456 g/mol. The van der Waals surface area contributed by atoms with Crippen molar-refractivity contribution in [2.45, 2.75) is 39.2 Å². The highest BCUT2D eigenvalue weighted by Crippen LogP contribution is 2.25. The fourth-order valence-electron chi connectivity index (χ4n) is 4.62. The number of carbonyl (C=O) groups excluding carboxylic acids is 2. The van der Waals surface area contributed by atoms with E-state index in [0.717, 1.165) is 30.7 Å². The van der Waals surface area contributed by atoms with Crippen molar-refractivity contribution in [3.63, 3.8) is 0 Å². The Bertz CT molecular complexity index is 937. The number of methoxy groups -OCH3 is 1. The smallest absolute Gasteiger partial charge is 0.309 e. The first kappa shape index (κ1) is 23.2. The zero-order valence-corrected chi connectivity index (χ0v) is 19.4. The van der Waals surface area contributed by atoms with E-state index in [9.17, 15) is 9.59 Å². The molecular formula is C24H32N4O5. The van der Waals surface area contributed by atoms with Crippen LogP contribution in [-0.2, 0) is 20.9 Å². The molecule has 0 aliphatic carbocycles. The Labute approximate surface area is 194 Å². The summed E-state index contributed by atoms with van der Waals surface area (Å²) >= 11 is 0. The number of rotatable bonds is 7. The molecule has 1 unspecified atom stereocenters. The summed E-state index contributed by atoms with van der Waals surface area (Å²) in [7, 11) is 1.63. The van der Waals surface area contributed by atoms with Gasteiger partial charge in [-0.1, -0.05) is 5.16 Å². The van der Waals surface area contributed by atoms with E-state index in [4.69, 9.17) is 14.0 Å². The highest BCUT2D eigenvalue weighted by molar-refractivity contribution is 5.80. The molecule has 0 N–H and O–H groups in total. The van der Waals surface area contributed by atoms with Crippen LogP contribution in [0.4, 0.5) is 0 Å². The first-order chi connectivity index (χ1) is 16.1. The molecular weight excluding hydrogens is 424 g/mol. The van der Waals surface area contributed by atoms with Gasteiger partial charge in [-0.2, -0.15) is 4.98 Å². The lowest BCUT2D eigenvalue weighted by molar-refractivity contribution is -0.152. The minimum Gasteiger partial charge on any atom is -0.497 e. The summed E-state index contributed by atoms with van der Waals surface area (Å²) in [6.45, 7) is 5.56. The molecule has 1 amide bonds. The van der Waals surface area contributed by atoms with Crippen LogP contribution in [0.15, 0.2) is 28.8 Å². The van der Waals surface area contributed by atoms with Gasteiger partial charge in [0.25, 0.3) is 0 Å². The molecule has 0 spiro atoms. The van der Waals surface area contributed by atoms with Crippen molar-refractivity contribution in [3.05, 3.63) is 30.2 Å². The van der Waals surface area contributed by atoms with Crippen molar-refractivity contribution < 1.29 is 23.6 Å². The number of nitrogens with zero attached hydrogens (tertiary/aromatic N) is 4. The molecule has 1 aromatic heterocycles. The van der Waals surface area contributed by atoms with E-state index in [0.29, 0.717) is 57.3 Å². The summed E-state index contributed by atoms with van der Waals surface area (Å²) in [5.41, 5.74) is 0.865. The third-order valence-electron chi connectivity index (χ3n) is 6.46. The second kappa shape index (κ2) is 10.8. The molecule has 0 saturated carbocycles. The number of amides is 1. The Morgan fingerprint density at radius 1 is 1.09 bits per heavy atom. The van der Waals surface area contributed by atoms with Crippen LogP contribution in [0, 0.1) is 11.8 Å². The molecule has 178 valence electrons. The summed E-state index contributed by atoms with van der Waals surface area (Å²) < 4.78 is 15.8. The normalized spacial score (nSPS) is 19.9. The molecule has 3 heterocycles. The molecule has 2 aromatic rings. The van der Waals surface area contributed by atoms with Gasteiger partial charge in [0.1, 0.15) is 5.75 Å². The van der Waals surface area contributed by atoms with Gasteiger partial charge in [0.2, 0.25) is 17.6 Å². The van der Waals surface area contributed by atoms with Crippen LogP contribution in [-0.4, -0.2) is 71.7 Å². The van der Waals surface area contributed by atoms with E-state index in [2.05, 4.69) is 15.0 Å². The average Bonchev–Trinajstić information content (AvgIpc) is 3.32. The Morgan fingerprint density at radius 2 is 1.85 bits per heavy atom. The quantitative estimate of drug-likeness (QED) is 0.587. The predicted molar refractivity (Wildman–Crippen MR) is 120 cm³/mol. The number of ether oxygens (including phenoxy) is 2. The lowest BCUT2D eigenvalue weighted by Crippen LogP contribution is -2.47. The molecule has 2 aliphatic rings. The fraction of sp³-hybridized carbons (Fsp3) is 0.583. The van der Waals surface area contributed by atoms with E-state index in [-0.39, 0.29) is 23.7 Å². The molecule has 4 rings (SSSR count). The van der Waals surface area contributed by atoms with Gasteiger partial charge in [0, 0.05) is 25.2 Å². The summed E-state index contributed by atoms with van der Waals surface area (Å²) in [6.07, 6.45) is 3.19. The molecule has 9 nitrogen and oxygen atoms in total. The number of likely N-dealkylation sites (tertiary alicyclic amines) is 2. The van der Waals surface area contributed by atoms with E-state index in [1.807, 2.05) is 36.1 Å². The van der Waals surface area contributed by atoms with Gasteiger partial charge in [-0.25, -0.2) is 0 Å². The summed E-state index contributed by atoms with van der Waals surface area (Å²) in [5.74, 6) is 1.78. The topological polar surface area (TPSA) is 98.0 Å². The standard InChI is InChI=1S/C24H32N4O5/c1-3-32-24(30)18-10-13-28(14-11-18)23(29)19-5-4-12-27(15-19)16-21-25-22(26-33-21)17-6-8-20(31-2)9-7-17/h6-9,18-19H,3-5,10-16H2,1-2H3. The van der Waals surface area contributed by atoms with Crippen LogP contribution in [0.2, 0.25) is 0 Å². The van der Waals surface area contributed by atoms with Gasteiger partial charge >= 0.3 is 5.97 Å². The highest BCUT2D eigenvalue weighted by atomic mass is 16.5. The third-order valence-corrected chi connectivity index (χ3v) is 6.46. The molecule has 2 aliphatic heterocycles. The number of piperidine rings is 2. The van der Waals surface area contributed by atoms with Gasteiger partial charge < -0.3 is 18.9 Å². The molecule has 0 radical (unpaired) electrons. The van der Waals surface area contributed by atoms with Crippen molar-refractivity contribution in [1.29, 1.82) is 0 Å². The third kappa shape index (κ3) is 5.71. The average molecular weight is 457 g/mol. The van der Waals surface area contributed by atoms with Gasteiger partial charge in [0.05, 0.1) is 32.1 Å². The van der Waals surface area contributed by atoms with Crippen molar-refractivity contribution >= 4 is 11.9 Å². The summed E-state index contributed by atoms with van der Waals surface area (Å²) in [4.78, 5) is 33.7. The van der Waals surface area contributed by atoms with Crippen LogP contribution in [0.3, 0.4) is 0 Å². The first-order valence-electron chi connectivity index (χ1n) is 11.7. The zero-order chi connectivity index (χ0) is 23.2. The maximum absolute atomic E-state index is 13.1. The molecule has 1 aromatic carbocycles. The second-order valence-corrected chi connectivity index (χ2v) is 8.67. The van der Waals surface area contributed by atoms with Gasteiger partial charge in [-0.05, 0) is 63.4 Å². The van der Waals surface area contributed by atoms with E-state index < -0.39 is 0 Å². The number of esters is 1. The molecule has 33 heavy (non-hydrogen) atoms. The van der Waals surface area contributed by atoms with Crippen molar-refractivity contribution in [1.82, 2.24) is 19.9 Å². The maximum Gasteiger partial charge on any atom is 0.309 e. The van der Waals surface area contributed by atoms with E-state index in [1.165, 1.54) is 0 Å². The van der Waals surface area contributed by atoms with Gasteiger partial charge in [-0.3, -0.25) is 14.5 Å². The van der Waals surface area contributed by atoms with Crippen LogP contribution in [0.5, 0.6) is 5.75 Å². The van der Waals surface area contributed by atoms with Crippen molar-refractivity contribution in [3.8, 4) is 17.1 Å². The van der Waals surface area contributed by atoms with Gasteiger partial charge in [0.15, 0.2) is 0 Å². The minimum atomic E-state index is -0.137. The fourth-order valence-corrected chi connectivity index (χ4v) is 4.62. The van der Waals surface area contributed by atoms with E-state index >= 15 is 0 Å². The number of benzene rings is 1. The summed E-state index contributed by atoms with van der Waals surface area (Å²) in [6, 6.07) is 7.52. The van der Waals surface area contributed by atoms with E-state index in [1.54, 1.807) is 7.11 Å². The number of hydrogen-bond donors (Lipinski definition) is 0. The number of hydrogen-bond acceptors (Lipinski definition) is 8. The zero-order valence-electron chi connectivity index (χ0n) is 19.4. The number of carbonyl (C=O) groups is 2. The van der Waals surface area contributed by atoms with Crippen LogP contribution >= 0.6 is 0 Å². The highest BCUT2D eigenvalue weighted by Gasteiger charge is 2.33. The van der Waals surface area contributed by atoms with Crippen LogP contribution in [0.25, 0.3) is 11.4 Å². The molecule has 9 heteroatoms. The first-order valence-corrected chi connectivity index (χ1v) is 11.7. The molecule has 1 atom stereocenters. The summed E-state index contributed by atoms with van der Waals surface area (Å²) in [5, 5.41) is 4.10. The van der Waals surface area contributed by atoms with Crippen LogP contribution in [0.1, 0.15) is 38.5 Å². The number of aromatic nitrogens is 2. The lowest BCUT2D eigenvalue weighted by Gasteiger charge is -2.37. The molecule has 0 bridgehead atoms. The Morgan fingerprint density at radius 3 is 2.55 bits per heavy atom. The SMILES string of the molecule is CCOC(=O)C1CCN(C(=O)C2CCCN(Cc3nc(-c4ccc(OC)cc4)no3)C2)CC1. The second-order valence-electron chi connectivity index (χ2n) is 8.67.